The van der Waals surface area contributed by atoms with Crippen LogP contribution in [0.1, 0.15) is 19.3 Å². The Labute approximate surface area is 84.6 Å². The molecule has 1 aliphatic heterocycles. The molecule has 1 saturated heterocycles. The van der Waals surface area contributed by atoms with E-state index in [0.29, 0.717) is 18.7 Å². The van der Waals surface area contributed by atoms with Crippen LogP contribution in [0.3, 0.4) is 0 Å². The van der Waals surface area contributed by atoms with Gasteiger partial charge in [0.05, 0.1) is 18.8 Å². The summed E-state index contributed by atoms with van der Waals surface area (Å²) in [7, 11) is 0. The largest absolute Gasteiger partial charge is 0.375 e. The molecule has 1 aliphatic carbocycles. The Hall–Kier alpha value is -0.630. The second-order valence-electron chi connectivity index (χ2n) is 4.14. The average Bonchev–Trinajstić information content (AvgIpc) is 2.66. The van der Waals surface area contributed by atoms with Crippen LogP contribution in [-0.4, -0.2) is 42.8 Å². The van der Waals surface area contributed by atoms with Gasteiger partial charge in [0.1, 0.15) is 6.04 Å². The lowest BCUT2D eigenvalue weighted by atomic mass is 10.1. The van der Waals surface area contributed by atoms with E-state index in [-0.39, 0.29) is 6.04 Å². The van der Waals surface area contributed by atoms with Gasteiger partial charge in [0.15, 0.2) is 0 Å². The first-order valence-electron chi connectivity index (χ1n) is 5.32. The quantitative estimate of drug-likeness (QED) is 0.678. The van der Waals surface area contributed by atoms with Crippen molar-refractivity contribution in [3.05, 3.63) is 0 Å². The summed E-state index contributed by atoms with van der Waals surface area (Å²) in [6.45, 7) is 2.41. The topological polar surface area (TPSA) is 62.3 Å². The van der Waals surface area contributed by atoms with Crippen molar-refractivity contribution in [3.8, 4) is 6.07 Å². The number of nitriles is 1. The van der Waals surface area contributed by atoms with Crippen molar-refractivity contribution in [2.45, 2.75) is 37.5 Å². The van der Waals surface area contributed by atoms with E-state index in [1.807, 2.05) is 0 Å². The molecule has 1 saturated carbocycles. The smallest absolute Gasteiger partial charge is 0.106 e. The van der Waals surface area contributed by atoms with Crippen molar-refractivity contribution < 1.29 is 4.74 Å². The molecule has 4 nitrogen and oxygen atoms in total. The molecule has 0 aromatic heterocycles. The maximum absolute atomic E-state index is 8.67. The third-order valence-corrected chi connectivity index (χ3v) is 3.19. The zero-order chi connectivity index (χ0) is 9.97. The molecule has 1 heterocycles. The van der Waals surface area contributed by atoms with Gasteiger partial charge >= 0.3 is 0 Å². The molecule has 0 radical (unpaired) electrons. The third-order valence-electron chi connectivity index (χ3n) is 3.19. The Kier molecular flexibility index (Phi) is 3.02. The summed E-state index contributed by atoms with van der Waals surface area (Å²) in [6.07, 6.45) is 4.01. The number of nitrogens with two attached hydrogens (primary N) is 1. The second kappa shape index (κ2) is 4.26. The van der Waals surface area contributed by atoms with E-state index in [2.05, 4.69) is 11.0 Å². The number of rotatable bonds is 2. The van der Waals surface area contributed by atoms with Crippen LogP contribution in [0.15, 0.2) is 0 Å². The number of hydrogen-bond donors (Lipinski definition) is 1. The molecule has 0 amide bonds. The van der Waals surface area contributed by atoms with Gasteiger partial charge in [-0.1, -0.05) is 0 Å². The van der Waals surface area contributed by atoms with Crippen molar-refractivity contribution in [1.29, 1.82) is 5.26 Å². The summed E-state index contributed by atoms with van der Waals surface area (Å²) in [4.78, 5) is 2.33. The minimum atomic E-state index is -0.352. The zero-order valence-corrected chi connectivity index (χ0v) is 8.35. The van der Waals surface area contributed by atoms with Crippen molar-refractivity contribution >= 4 is 0 Å². The third kappa shape index (κ3) is 1.90. The fraction of sp³-hybridized carbons (Fsp3) is 0.900. The number of morpholine rings is 1. The molecule has 3 unspecified atom stereocenters. The molecule has 4 heteroatoms. The average molecular weight is 195 g/mol. The van der Waals surface area contributed by atoms with Crippen molar-refractivity contribution in [1.82, 2.24) is 4.90 Å². The highest BCUT2D eigenvalue weighted by Crippen LogP contribution is 2.29. The van der Waals surface area contributed by atoms with Crippen LogP contribution in [0.25, 0.3) is 0 Å². The molecule has 0 aromatic carbocycles. The minimum absolute atomic E-state index is 0.352. The molecule has 0 bridgehead atoms. The highest BCUT2D eigenvalue weighted by Gasteiger charge is 2.36. The fourth-order valence-corrected chi connectivity index (χ4v) is 2.53. The van der Waals surface area contributed by atoms with Gasteiger partial charge < -0.3 is 10.5 Å². The van der Waals surface area contributed by atoms with E-state index < -0.39 is 0 Å². The van der Waals surface area contributed by atoms with Crippen LogP contribution < -0.4 is 5.73 Å². The van der Waals surface area contributed by atoms with Gasteiger partial charge in [0.25, 0.3) is 0 Å². The number of nitrogens with zero attached hydrogens (tertiary/aromatic N) is 2. The van der Waals surface area contributed by atoms with E-state index in [1.54, 1.807) is 0 Å². The molecule has 14 heavy (non-hydrogen) atoms. The molecular weight excluding hydrogens is 178 g/mol. The standard InChI is InChI=1S/C10H17N3O/c11-6-8(12)7-13-4-5-14-10-3-1-2-9(10)13/h8-10H,1-5,7,12H2. The lowest BCUT2D eigenvalue weighted by molar-refractivity contribution is -0.0557. The van der Waals surface area contributed by atoms with Crippen LogP contribution >= 0.6 is 0 Å². The Bertz CT molecular complexity index is 238. The van der Waals surface area contributed by atoms with Gasteiger partial charge in [-0.2, -0.15) is 5.26 Å². The van der Waals surface area contributed by atoms with Crippen LogP contribution in [-0.2, 0) is 4.74 Å². The highest BCUT2D eigenvalue weighted by atomic mass is 16.5. The zero-order valence-electron chi connectivity index (χ0n) is 8.35. The number of hydrogen-bond acceptors (Lipinski definition) is 4. The summed E-state index contributed by atoms with van der Waals surface area (Å²) >= 11 is 0. The molecule has 2 N–H and O–H groups in total. The lowest BCUT2D eigenvalue weighted by Gasteiger charge is -2.38. The van der Waals surface area contributed by atoms with Gasteiger partial charge in [-0.15, -0.1) is 0 Å². The van der Waals surface area contributed by atoms with Gasteiger partial charge in [-0.3, -0.25) is 4.90 Å². The lowest BCUT2D eigenvalue weighted by Crippen LogP contribution is -2.52. The monoisotopic (exact) mass is 195 g/mol. The normalized spacial score (nSPS) is 34.9. The Morgan fingerprint density at radius 3 is 3.21 bits per heavy atom. The first-order chi connectivity index (χ1) is 6.81. The van der Waals surface area contributed by atoms with E-state index in [4.69, 9.17) is 15.7 Å². The van der Waals surface area contributed by atoms with Crippen LogP contribution in [0, 0.1) is 11.3 Å². The van der Waals surface area contributed by atoms with Gasteiger partial charge in [-0.25, -0.2) is 0 Å². The Morgan fingerprint density at radius 2 is 2.43 bits per heavy atom. The van der Waals surface area contributed by atoms with Crippen molar-refractivity contribution in [3.63, 3.8) is 0 Å². The maximum atomic E-state index is 8.67. The van der Waals surface area contributed by atoms with Gasteiger partial charge in [-0.05, 0) is 19.3 Å². The summed E-state index contributed by atoms with van der Waals surface area (Å²) in [6, 6.07) is 2.25. The number of fused-ring (bicyclic) bond motifs is 1. The SMILES string of the molecule is N#CC(N)CN1CCOC2CCCC21. The summed E-state index contributed by atoms with van der Waals surface area (Å²) < 4.78 is 5.68. The predicted molar refractivity (Wildman–Crippen MR) is 52.5 cm³/mol. The Morgan fingerprint density at radius 1 is 1.57 bits per heavy atom. The van der Waals surface area contributed by atoms with Crippen molar-refractivity contribution in [2.75, 3.05) is 19.7 Å². The fourth-order valence-electron chi connectivity index (χ4n) is 2.53. The van der Waals surface area contributed by atoms with Gasteiger partial charge in [0, 0.05) is 19.1 Å². The van der Waals surface area contributed by atoms with Crippen LogP contribution in [0.4, 0.5) is 0 Å². The second-order valence-corrected chi connectivity index (χ2v) is 4.14. The van der Waals surface area contributed by atoms with E-state index in [0.717, 1.165) is 13.2 Å². The van der Waals surface area contributed by atoms with E-state index in [1.165, 1.54) is 19.3 Å². The van der Waals surface area contributed by atoms with Crippen LogP contribution in [0.5, 0.6) is 0 Å². The summed E-state index contributed by atoms with van der Waals surface area (Å²) in [5.74, 6) is 0. The van der Waals surface area contributed by atoms with Crippen LogP contribution in [0.2, 0.25) is 0 Å². The molecule has 3 atom stereocenters. The maximum Gasteiger partial charge on any atom is 0.106 e. The van der Waals surface area contributed by atoms with E-state index >= 15 is 0 Å². The van der Waals surface area contributed by atoms with Crippen molar-refractivity contribution in [2.24, 2.45) is 5.73 Å². The summed E-state index contributed by atoms with van der Waals surface area (Å²) in [5.41, 5.74) is 5.64. The molecule has 78 valence electrons. The molecule has 0 spiro atoms. The number of ether oxygens (including phenoxy) is 1. The molecule has 2 rings (SSSR count). The molecule has 2 aliphatic rings. The molecular formula is C10H17N3O. The molecule has 0 aromatic rings. The summed E-state index contributed by atoms with van der Waals surface area (Å²) in [5, 5.41) is 8.67. The predicted octanol–water partition coefficient (Wildman–Crippen LogP) is 0.0906. The molecule has 2 fully saturated rings. The highest BCUT2D eigenvalue weighted by molar-refractivity contribution is 4.95. The first-order valence-corrected chi connectivity index (χ1v) is 5.32. The minimum Gasteiger partial charge on any atom is -0.375 e. The van der Waals surface area contributed by atoms with Gasteiger partial charge in [0.2, 0.25) is 0 Å². The Balaban J connectivity index is 1.94. The van der Waals surface area contributed by atoms with E-state index in [9.17, 15) is 0 Å². The first kappa shape index (κ1) is 9.91.